The van der Waals surface area contributed by atoms with Gasteiger partial charge in [0, 0.05) is 0 Å². The highest BCUT2D eigenvalue weighted by Crippen LogP contribution is 2.21. The van der Waals surface area contributed by atoms with Crippen molar-refractivity contribution in [3.05, 3.63) is 12.2 Å². The van der Waals surface area contributed by atoms with Gasteiger partial charge in [-0.3, -0.25) is 4.79 Å². The molecule has 0 saturated heterocycles. The van der Waals surface area contributed by atoms with Gasteiger partial charge in [-0.05, 0) is 27.2 Å². The van der Waals surface area contributed by atoms with Gasteiger partial charge in [-0.1, -0.05) is 19.1 Å². The molecule has 0 aromatic rings. The fourth-order valence-electron chi connectivity index (χ4n) is 0.728. The van der Waals surface area contributed by atoms with Crippen molar-refractivity contribution in [2.45, 2.75) is 40.4 Å². The largest absolute Gasteiger partial charge is 0.460 e. The van der Waals surface area contributed by atoms with E-state index in [2.05, 4.69) is 16.4 Å². The van der Waals surface area contributed by atoms with Gasteiger partial charge in [-0.15, -0.1) is 0 Å². The Kier molecular flexibility index (Phi) is 7.03. The van der Waals surface area contributed by atoms with Crippen molar-refractivity contribution in [3.8, 4) is 0 Å². The average molecular weight is 246 g/mol. The Hall–Kier alpha value is -0.910. The second-order valence-electron chi connectivity index (χ2n) is 4.61. The highest BCUT2D eigenvalue weighted by atomic mass is 17.2. The lowest BCUT2D eigenvalue weighted by Crippen LogP contribution is -2.30. The van der Waals surface area contributed by atoms with Crippen LogP contribution < -0.4 is 0 Å². The third kappa shape index (κ3) is 7.10. The highest BCUT2D eigenvalue weighted by Gasteiger charge is 2.27. The molecule has 1 unspecified atom stereocenters. The first kappa shape index (κ1) is 16.1. The van der Waals surface area contributed by atoms with Crippen LogP contribution in [0.1, 0.15) is 34.1 Å². The topological polar surface area (TPSA) is 65.0 Å². The van der Waals surface area contributed by atoms with Crippen molar-refractivity contribution in [2.24, 2.45) is 5.41 Å². The summed E-state index contributed by atoms with van der Waals surface area (Å²) in [6.07, 6.45) is -0.625. The molecule has 0 radical (unpaired) electrons. The first-order chi connectivity index (χ1) is 7.79. The number of carbonyl (C=O) groups excluding carboxylic acids is 1. The highest BCUT2D eigenvalue weighted by molar-refractivity contribution is 5.75. The summed E-state index contributed by atoms with van der Waals surface area (Å²) in [7, 11) is 0. The van der Waals surface area contributed by atoms with Gasteiger partial charge in [0.05, 0.1) is 5.41 Å². The number of ether oxygens (including phenoxy) is 1. The van der Waals surface area contributed by atoms with Crippen LogP contribution in [-0.2, 0) is 19.3 Å². The van der Waals surface area contributed by atoms with E-state index in [9.17, 15) is 9.90 Å². The molecule has 1 N–H and O–H groups in total. The van der Waals surface area contributed by atoms with Crippen LogP contribution in [0.25, 0.3) is 0 Å². The van der Waals surface area contributed by atoms with E-state index in [1.165, 1.54) is 0 Å². The van der Waals surface area contributed by atoms with Crippen LogP contribution in [0.3, 0.4) is 0 Å². The Bertz CT molecular complexity index is 260. The third-order valence-corrected chi connectivity index (χ3v) is 2.28. The third-order valence-electron chi connectivity index (χ3n) is 2.28. The predicted molar refractivity (Wildman–Crippen MR) is 62.9 cm³/mol. The molecule has 0 saturated carbocycles. The monoisotopic (exact) mass is 246 g/mol. The Labute approximate surface area is 102 Å². The summed E-state index contributed by atoms with van der Waals surface area (Å²) < 4.78 is 4.90. The van der Waals surface area contributed by atoms with Gasteiger partial charge in [0.15, 0.2) is 0 Å². The number of esters is 1. The summed E-state index contributed by atoms with van der Waals surface area (Å²) in [4.78, 5) is 20.8. The molecule has 1 atom stereocenters. The van der Waals surface area contributed by atoms with E-state index in [1.807, 2.05) is 6.92 Å². The molecule has 0 amide bonds. The minimum atomic E-state index is -1.29. The van der Waals surface area contributed by atoms with Crippen molar-refractivity contribution < 1.29 is 24.4 Å². The van der Waals surface area contributed by atoms with Crippen molar-refractivity contribution in [1.82, 2.24) is 0 Å². The molecule has 0 aliphatic rings. The molecule has 0 fully saturated rings. The first-order valence-electron chi connectivity index (χ1n) is 5.57. The molecule has 17 heavy (non-hydrogen) atoms. The van der Waals surface area contributed by atoms with Crippen LogP contribution in [0.4, 0.5) is 0 Å². The van der Waals surface area contributed by atoms with Crippen LogP contribution in [-0.4, -0.2) is 30.6 Å². The minimum absolute atomic E-state index is 0.186. The Morgan fingerprint density at radius 3 is 2.53 bits per heavy atom. The van der Waals surface area contributed by atoms with E-state index in [0.717, 1.165) is 5.57 Å². The summed E-state index contributed by atoms with van der Waals surface area (Å²) in [5.41, 5.74) is 0.208. The minimum Gasteiger partial charge on any atom is -0.460 e. The number of aliphatic hydroxyl groups excluding tert-OH is 1. The zero-order chi connectivity index (χ0) is 13.5. The van der Waals surface area contributed by atoms with E-state index in [0.29, 0.717) is 6.42 Å². The van der Waals surface area contributed by atoms with Gasteiger partial charge in [-0.25, -0.2) is 9.78 Å². The summed E-state index contributed by atoms with van der Waals surface area (Å²) >= 11 is 0. The van der Waals surface area contributed by atoms with E-state index < -0.39 is 11.7 Å². The lowest BCUT2D eigenvalue weighted by molar-refractivity contribution is -0.370. The van der Waals surface area contributed by atoms with Crippen LogP contribution in [0.2, 0.25) is 0 Å². The Balaban J connectivity index is 3.80. The maximum atomic E-state index is 11.5. The maximum absolute atomic E-state index is 11.5. The standard InChI is InChI=1S/C12H22O5/c1-6-12(4,5)11(14)15-8-10(13)17-16-7-9(2)3/h10,13H,2,6-8H2,1,3-5H3. The van der Waals surface area contributed by atoms with Crippen LogP contribution in [0, 0.1) is 5.41 Å². The van der Waals surface area contributed by atoms with E-state index >= 15 is 0 Å². The van der Waals surface area contributed by atoms with Gasteiger partial charge in [0.25, 0.3) is 0 Å². The molecule has 0 aromatic carbocycles. The lowest BCUT2D eigenvalue weighted by Gasteiger charge is -2.21. The number of hydrogen-bond acceptors (Lipinski definition) is 5. The molecule has 0 aliphatic heterocycles. The first-order valence-corrected chi connectivity index (χ1v) is 5.57. The molecular formula is C12H22O5. The molecule has 100 valence electrons. The predicted octanol–water partition coefficient (Wildman–Crippen LogP) is 1.81. The van der Waals surface area contributed by atoms with Gasteiger partial charge in [0.2, 0.25) is 6.29 Å². The van der Waals surface area contributed by atoms with Crippen LogP contribution in [0.5, 0.6) is 0 Å². The van der Waals surface area contributed by atoms with Gasteiger partial charge in [-0.2, -0.15) is 0 Å². The molecular weight excluding hydrogens is 224 g/mol. The molecule has 0 rings (SSSR count). The van der Waals surface area contributed by atoms with Crippen molar-refractivity contribution in [2.75, 3.05) is 13.2 Å². The number of hydrogen-bond donors (Lipinski definition) is 1. The molecule has 0 aliphatic carbocycles. The van der Waals surface area contributed by atoms with Crippen LogP contribution in [0.15, 0.2) is 12.2 Å². The quantitative estimate of drug-likeness (QED) is 0.233. The summed E-state index contributed by atoms with van der Waals surface area (Å²) in [5.74, 6) is -0.373. The fraction of sp³-hybridized carbons (Fsp3) is 0.750. The molecule has 0 spiro atoms. The second kappa shape index (κ2) is 7.42. The molecule has 0 heterocycles. The molecule has 0 aromatic heterocycles. The maximum Gasteiger partial charge on any atom is 0.311 e. The zero-order valence-corrected chi connectivity index (χ0v) is 11.0. The van der Waals surface area contributed by atoms with Crippen molar-refractivity contribution >= 4 is 5.97 Å². The normalized spacial score (nSPS) is 13.2. The van der Waals surface area contributed by atoms with E-state index in [4.69, 9.17) is 4.74 Å². The van der Waals surface area contributed by atoms with E-state index in [1.54, 1.807) is 20.8 Å². The average Bonchev–Trinajstić information content (AvgIpc) is 2.25. The summed E-state index contributed by atoms with van der Waals surface area (Å²) in [6.45, 7) is 10.7. The van der Waals surface area contributed by atoms with Gasteiger partial charge < -0.3 is 9.84 Å². The number of aliphatic hydroxyl groups is 1. The van der Waals surface area contributed by atoms with Crippen molar-refractivity contribution in [3.63, 3.8) is 0 Å². The lowest BCUT2D eigenvalue weighted by atomic mass is 9.91. The number of rotatable bonds is 8. The number of carbonyl (C=O) groups is 1. The molecule has 5 heteroatoms. The fourth-order valence-corrected chi connectivity index (χ4v) is 0.728. The Morgan fingerprint density at radius 2 is 2.06 bits per heavy atom. The molecule has 5 nitrogen and oxygen atoms in total. The Morgan fingerprint density at radius 1 is 1.47 bits per heavy atom. The summed E-state index contributed by atoms with van der Waals surface area (Å²) in [5, 5.41) is 9.30. The zero-order valence-electron chi connectivity index (χ0n) is 11.0. The van der Waals surface area contributed by atoms with Gasteiger partial charge >= 0.3 is 5.97 Å². The van der Waals surface area contributed by atoms with Crippen LogP contribution >= 0.6 is 0 Å². The SMILES string of the molecule is C=C(C)COOC(O)COC(=O)C(C)(C)CC. The molecule has 0 bridgehead atoms. The van der Waals surface area contributed by atoms with Gasteiger partial charge in [0.1, 0.15) is 13.2 Å². The van der Waals surface area contributed by atoms with Crippen molar-refractivity contribution in [1.29, 1.82) is 0 Å². The summed E-state index contributed by atoms with van der Waals surface area (Å²) in [6, 6.07) is 0. The second-order valence-corrected chi connectivity index (χ2v) is 4.61. The van der Waals surface area contributed by atoms with E-state index in [-0.39, 0.29) is 19.2 Å². The smallest absolute Gasteiger partial charge is 0.311 e.